The maximum Gasteiger partial charge on any atom is 0.124 e. The lowest BCUT2D eigenvalue weighted by Gasteiger charge is -2.19. The van der Waals surface area contributed by atoms with Crippen LogP contribution >= 0.6 is 0 Å². The first kappa shape index (κ1) is 6.44. The van der Waals surface area contributed by atoms with E-state index in [2.05, 4.69) is 0 Å². The summed E-state index contributed by atoms with van der Waals surface area (Å²) >= 11 is 0. The molecule has 2 saturated carbocycles. The Labute approximate surface area is 66.5 Å². The van der Waals surface area contributed by atoms with E-state index in [1.54, 1.807) is 0 Å². The number of epoxide rings is 1. The molecule has 2 aliphatic carbocycles. The van der Waals surface area contributed by atoms with Crippen LogP contribution in [0.2, 0.25) is 0 Å². The predicted molar refractivity (Wildman–Crippen MR) is 40.3 cm³/mol. The fraction of sp³-hybridized carbons (Fsp3) is 1.00. The minimum atomic E-state index is -0.150. The van der Waals surface area contributed by atoms with Gasteiger partial charge in [-0.2, -0.15) is 0 Å². The number of aliphatic hydroxyl groups excluding tert-OH is 1. The summed E-state index contributed by atoms with van der Waals surface area (Å²) in [4.78, 5) is 0. The van der Waals surface area contributed by atoms with Crippen molar-refractivity contribution < 1.29 is 9.84 Å². The lowest BCUT2D eigenvalue weighted by atomic mass is 9.81. The van der Waals surface area contributed by atoms with E-state index in [9.17, 15) is 5.11 Å². The molecule has 0 aromatic heterocycles. The van der Waals surface area contributed by atoms with Crippen LogP contribution in [0.5, 0.6) is 0 Å². The smallest absolute Gasteiger partial charge is 0.124 e. The molecule has 0 amide bonds. The first-order valence-corrected chi connectivity index (χ1v) is 4.67. The van der Waals surface area contributed by atoms with Crippen LogP contribution in [0, 0.1) is 0 Å². The second-order valence-corrected chi connectivity index (χ2v) is 4.25. The molecule has 0 bridgehead atoms. The van der Waals surface area contributed by atoms with Crippen LogP contribution in [-0.2, 0) is 4.74 Å². The molecule has 3 atom stereocenters. The molecule has 0 radical (unpaired) electrons. The number of rotatable bonds is 0. The van der Waals surface area contributed by atoms with Crippen molar-refractivity contribution in [3.63, 3.8) is 0 Å². The predicted octanol–water partition coefficient (Wildman–Crippen LogP) is 1.22. The summed E-state index contributed by atoms with van der Waals surface area (Å²) in [6, 6.07) is 0. The Balaban J connectivity index is 1.96. The molecule has 0 unspecified atom stereocenters. The van der Waals surface area contributed by atoms with Gasteiger partial charge in [0.2, 0.25) is 0 Å². The topological polar surface area (TPSA) is 32.8 Å². The van der Waals surface area contributed by atoms with Crippen LogP contribution in [-0.4, -0.2) is 22.4 Å². The quantitative estimate of drug-likeness (QED) is 0.532. The highest BCUT2D eigenvalue weighted by Gasteiger charge is 2.76. The molecule has 1 saturated heterocycles. The van der Waals surface area contributed by atoms with Gasteiger partial charge in [-0.25, -0.2) is 0 Å². The van der Waals surface area contributed by atoms with Crippen molar-refractivity contribution in [3.05, 3.63) is 0 Å². The van der Waals surface area contributed by atoms with E-state index >= 15 is 0 Å². The van der Waals surface area contributed by atoms with E-state index in [0.717, 1.165) is 19.3 Å². The molecule has 62 valence electrons. The van der Waals surface area contributed by atoms with Crippen molar-refractivity contribution in [2.45, 2.75) is 55.8 Å². The molecule has 0 aromatic rings. The summed E-state index contributed by atoms with van der Waals surface area (Å²) in [5, 5.41) is 9.70. The summed E-state index contributed by atoms with van der Waals surface area (Å²) in [5.74, 6) is 0. The van der Waals surface area contributed by atoms with Gasteiger partial charge in [-0.1, -0.05) is 12.8 Å². The van der Waals surface area contributed by atoms with Gasteiger partial charge in [-0.15, -0.1) is 0 Å². The van der Waals surface area contributed by atoms with E-state index in [1.807, 2.05) is 0 Å². The average Bonchev–Trinajstić information content (AvgIpc) is 2.63. The monoisotopic (exact) mass is 154 g/mol. The standard InChI is InChI=1S/C9H14O2/c10-7-3-6-8-4-1-2-5-9(7,8)11-8/h7,10H,1-6H2/t7-,8+,9-/m0/s1. The molecule has 3 aliphatic rings. The Morgan fingerprint density at radius 2 is 2.00 bits per heavy atom. The van der Waals surface area contributed by atoms with Crippen molar-refractivity contribution in [1.82, 2.24) is 0 Å². The fourth-order valence-electron chi connectivity index (χ4n) is 3.19. The number of hydrogen-bond acceptors (Lipinski definition) is 2. The van der Waals surface area contributed by atoms with Crippen LogP contribution in [0.15, 0.2) is 0 Å². The fourth-order valence-corrected chi connectivity index (χ4v) is 3.19. The van der Waals surface area contributed by atoms with Gasteiger partial charge < -0.3 is 9.84 Å². The van der Waals surface area contributed by atoms with Crippen LogP contribution in [0.4, 0.5) is 0 Å². The molecule has 2 nitrogen and oxygen atoms in total. The van der Waals surface area contributed by atoms with Crippen molar-refractivity contribution in [3.8, 4) is 0 Å². The highest BCUT2D eigenvalue weighted by Crippen LogP contribution is 2.66. The van der Waals surface area contributed by atoms with Crippen molar-refractivity contribution in [2.75, 3.05) is 0 Å². The van der Waals surface area contributed by atoms with Crippen molar-refractivity contribution >= 4 is 0 Å². The zero-order valence-corrected chi connectivity index (χ0v) is 6.68. The molecule has 1 aliphatic heterocycles. The first-order valence-electron chi connectivity index (χ1n) is 4.67. The Bertz CT molecular complexity index is 196. The summed E-state index contributed by atoms with van der Waals surface area (Å²) < 4.78 is 5.75. The third-order valence-electron chi connectivity index (χ3n) is 3.85. The first-order chi connectivity index (χ1) is 5.29. The molecule has 3 fully saturated rings. The summed E-state index contributed by atoms with van der Waals surface area (Å²) in [5.41, 5.74) is 0.107. The van der Waals surface area contributed by atoms with E-state index in [-0.39, 0.29) is 17.3 Å². The highest BCUT2D eigenvalue weighted by atomic mass is 16.6. The Morgan fingerprint density at radius 1 is 1.18 bits per heavy atom. The lowest BCUT2D eigenvalue weighted by molar-refractivity contribution is 0.0595. The average molecular weight is 154 g/mol. The molecule has 2 heteroatoms. The van der Waals surface area contributed by atoms with Crippen LogP contribution < -0.4 is 0 Å². The second kappa shape index (κ2) is 1.64. The molecule has 0 spiro atoms. The van der Waals surface area contributed by atoms with Crippen LogP contribution in [0.1, 0.15) is 38.5 Å². The van der Waals surface area contributed by atoms with Gasteiger partial charge in [0, 0.05) is 0 Å². The zero-order valence-electron chi connectivity index (χ0n) is 6.68. The number of hydrogen-bond donors (Lipinski definition) is 1. The summed E-state index contributed by atoms with van der Waals surface area (Å²) in [7, 11) is 0. The third-order valence-corrected chi connectivity index (χ3v) is 3.85. The Morgan fingerprint density at radius 3 is 2.82 bits per heavy atom. The van der Waals surface area contributed by atoms with Gasteiger partial charge in [0.1, 0.15) is 11.2 Å². The molecule has 1 N–H and O–H groups in total. The zero-order chi connectivity index (χ0) is 7.53. The van der Waals surface area contributed by atoms with Gasteiger partial charge in [-0.05, 0) is 25.7 Å². The van der Waals surface area contributed by atoms with Crippen LogP contribution in [0.3, 0.4) is 0 Å². The number of aliphatic hydroxyl groups is 1. The highest BCUT2D eigenvalue weighted by molar-refractivity contribution is 5.25. The van der Waals surface area contributed by atoms with E-state index in [0.29, 0.717) is 0 Å². The maximum absolute atomic E-state index is 9.70. The normalized spacial score (nSPS) is 60.3. The lowest BCUT2D eigenvalue weighted by Crippen LogP contribution is -2.32. The summed E-state index contributed by atoms with van der Waals surface area (Å²) in [6.07, 6.45) is 6.78. The maximum atomic E-state index is 9.70. The molecule has 11 heavy (non-hydrogen) atoms. The van der Waals surface area contributed by atoms with Crippen LogP contribution in [0.25, 0.3) is 0 Å². The largest absolute Gasteiger partial charge is 0.390 e. The molecule has 0 aromatic carbocycles. The molecule has 3 rings (SSSR count). The van der Waals surface area contributed by atoms with E-state index in [4.69, 9.17) is 4.74 Å². The van der Waals surface area contributed by atoms with Gasteiger partial charge in [0.05, 0.1) is 6.10 Å². The minimum Gasteiger partial charge on any atom is -0.390 e. The minimum absolute atomic E-state index is 0.0503. The van der Waals surface area contributed by atoms with Gasteiger partial charge in [0.25, 0.3) is 0 Å². The molecular weight excluding hydrogens is 140 g/mol. The van der Waals surface area contributed by atoms with Gasteiger partial charge >= 0.3 is 0 Å². The second-order valence-electron chi connectivity index (χ2n) is 4.25. The summed E-state index contributed by atoms with van der Waals surface area (Å²) in [6.45, 7) is 0. The number of ether oxygens (including phenoxy) is 1. The SMILES string of the molecule is O[C@H]1CC[C@]23CCCC[C@]12O3. The third kappa shape index (κ3) is 0.541. The van der Waals surface area contributed by atoms with Gasteiger partial charge in [0.15, 0.2) is 0 Å². The van der Waals surface area contributed by atoms with Crippen molar-refractivity contribution in [2.24, 2.45) is 0 Å². The molecular formula is C9H14O2. The van der Waals surface area contributed by atoms with E-state index < -0.39 is 0 Å². The molecule has 1 heterocycles. The van der Waals surface area contributed by atoms with Gasteiger partial charge in [-0.3, -0.25) is 0 Å². The Hall–Kier alpha value is -0.0800. The Kier molecular flexibility index (Phi) is 0.961. The van der Waals surface area contributed by atoms with Crippen molar-refractivity contribution in [1.29, 1.82) is 0 Å². The van der Waals surface area contributed by atoms with E-state index in [1.165, 1.54) is 19.3 Å².